The summed E-state index contributed by atoms with van der Waals surface area (Å²) in [6.45, 7) is 13.0. The van der Waals surface area contributed by atoms with Gasteiger partial charge in [-0.25, -0.2) is 13.7 Å². The molecular formula is C19H36N2O4S. The Balaban J connectivity index is 2.05. The molecule has 0 radical (unpaired) electrons. The SMILES string of the molecule is CO[C@@H]1C[C@@H](N[S@](=O)C(C)(C)C)C2(CCN(C(=O)OC(C)(C)C)CC2)C1. The van der Waals surface area contributed by atoms with Crippen molar-refractivity contribution in [3.8, 4) is 0 Å². The van der Waals surface area contributed by atoms with Crippen LogP contribution in [0.2, 0.25) is 0 Å². The predicted molar refractivity (Wildman–Crippen MR) is 104 cm³/mol. The number of hydrogen-bond donors (Lipinski definition) is 1. The molecule has 1 aliphatic heterocycles. The lowest BCUT2D eigenvalue weighted by Gasteiger charge is -2.43. The van der Waals surface area contributed by atoms with Gasteiger partial charge in [-0.15, -0.1) is 0 Å². The van der Waals surface area contributed by atoms with Crippen molar-refractivity contribution in [2.45, 2.75) is 89.7 Å². The molecule has 0 aromatic rings. The zero-order chi connectivity index (χ0) is 19.8. The molecule has 0 aromatic heterocycles. The van der Waals surface area contributed by atoms with Crippen molar-refractivity contribution in [3.05, 3.63) is 0 Å². The first kappa shape index (κ1) is 21.6. The number of methoxy groups -OCH3 is 1. The van der Waals surface area contributed by atoms with E-state index < -0.39 is 16.6 Å². The van der Waals surface area contributed by atoms with E-state index in [1.807, 2.05) is 41.5 Å². The van der Waals surface area contributed by atoms with Crippen LogP contribution in [0.25, 0.3) is 0 Å². The zero-order valence-corrected chi connectivity index (χ0v) is 18.2. The normalized spacial score (nSPS) is 27.6. The lowest BCUT2D eigenvalue weighted by atomic mass is 9.74. The average Bonchev–Trinajstić information content (AvgIpc) is 2.83. The smallest absolute Gasteiger partial charge is 0.410 e. The van der Waals surface area contributed by atoms with Crippen LogP contribution in [0.3, 0.4) is 0 Å². The van der Waals surface area contributed by atoms with Gasteiger partial charge >= 0.3 is 6.09 Å². The molecule has 1 heterocycles. The van der Waals surface area contributed by atoms with Crippen LogP contribution in [-0.2, 0) is 20.5 Å². The molecule has 1 N–H and O–H groups in total. The van der Waals surface area contributed by atoms with E-state index in [2.05, 4.69) is 4.72 Å². The Morgan fingerprint density at radius 1 is 1.15 bits per heavy atom. The molecule has 1 aliphatic carbocycles. The Morgan fingerprint density at radius 3 is 2.19 bits per heavy atom. The van der Waals surface area contributed by atoms with Gasteiger partial charge in [-0.05, 0) is 72.6 Å². The van der Waals surface area contributed by atoms with Crippen molar-refractivity contribution in [1.29, 1.82) is 0 Å². The minimum Gasteiger partial charge on any atom is -0.444 e. The summed E-state index contributed by atoms with van der Waals surface area (Å²) in [5.74, 6) is 0. The molecular weight excluding hydrogens is 352 g/mol. The Morgan fingerprint density at radius 2 is 1.73 bits per heavy atom. The molecule has 1 saturated carbocycles. The van der Waals surface area contributed by atoms with E-state index in [1.54, 1.807) is 12.0 Å². The van der Waals surface area contributed by atoms with Gasteiger partial charge in [0.2, 0.25) is 0 Å². The standard InChI is InChI=1S/C19H36N2O4S/c1-17(2,3)25-16(22)21-10-8-19(9-11-21)13-14(24-7)12-15(19)20-26(23)18(4,5)6/h14-15,20H,8-13H2,1-7H3/t14-,15-,26-/m1/s1. The van der Waals surface area contributed by atoms with Crippen LogP contribution in [0, 0.1) is 5.41 Å². The second-order valence-electron chi connectivity index (χ2n) is 9.68. The van der Waals surface area contributed by atoms with Gasteiger partial charge < -0.3 is 14.4 Å². The monoisotopic (exact) mass is 388 g/mol. The van der Waals surface area contributed by atoms with Crippen LogP contribution in [0.15, 0.2) is 0 Å². The molecule has 6 nitrogen and oxygen atoms in total. The average molecular weight is 389 g/mol. The van der Waals surface area contributed by atoms with Crippen molar-refractivity contribution in [2.24, 2.45) is 5.41 Å². The highest BCUT2D eigenvalue weighted by Crippen LogP contribution is 2.47. The Bertz CT molecular complexity index is 531. The van der Waals surface area contributed by atoms with Crippen LogP contribution >= 0.6 is 0 Å². The summed E-state index contributed by atoms with van der Waals surface area (Å²) in [5.41, 5.74) is -0.450. The number of nitrogens with one attached hydrogen (secondary N) is 1. The highest BCUT2D eigenvalue weighted by atomic mass is 32.2. The summed E-state index contributed by atoms with van der Waals surface area (Å²) in [6, 6.07) is 0.147. The van der Waals surface area contributed by atoms with E-state index in [-0.39, 0.29) is 28.4 Å². The van der Waals surface area contributed by atoms with Gasteiger partial charge in [0.15, 0.2) is 0 Å². The molecule has 152 valence electrons. The fraction of sp³-hybridized carbons (Fsp3) is 0.947. The van der Waals surface area contributed by atoms with E-state index in [9.17, 15) is 9.00 Å². The maximum absolute atomic E-state index is 12.6. The summed E-state index contributed by atoms with van der Waals surface area (Å²) in [7, 11) is 0.634. The van der Waals surface area contributed by atoms with Crippen LogP contribution in [-0.4, -0.2) is 57.9 Å². The number of likely N-dealkylation sites (tertiary alicyclic amines) is 1. The molecule has 0 bridgehead atoms. The fourth-order valence-electron chi connectivity index (χ4n) is 3.86. The molecule has 26 heavy (non-hydrogen) atoms. The van der Waals surface area contributed by atoms with E-state index in [4.69, 9.17) is 9.47 Å². The van der Waals surface area contributed by atoms with Crippen LogP contribution < -0.4 is 4.72 Å². The number of carbonyl (C=O) groups is 1. The first-order valence-electron chi connectivity index (χ1n) is 9.55. The highest BCUT2D eigenvalue weighted by Gasteiger charge is 2.50. The number of carbonyl (C=O) groups excluding carboxylic acids is 1. The van der Waals surface area contributed by atoms with E-state index in [0.717, 1.165) is 25.7 Å². The summed E-state index contributed by atoms with van der Waals surface area (Å²) in [4.78, 5) is 14.1. The topological polar surface area (TPSA) is 67.9 Å². The van der Waals surface area contributed by atoms with Gasteiger partial charge in [-0.1, -0.05) is 0 Å². The third kappa shape index (κ3) is 5.20. The van der Waals surface area contributed by atoms with Gasteiger partial charge in [-0.2, -0.15) is 0 Å². The number of nitrogens with zero attached hydrogens (tertiary/aromatic N) is 1. The third-order valence-electron chi connectivity index (χ3n) is 5.42. The van der Waals surface area contributed by atoms with Gasteiger partial charge in [0.05, 0.1) is 21.8 Å². The molecule has 1 amide bonds. The second-order valence-corrected chi connectivity index (χ2v) is 11.7. The maximum atomic E-state index is 12.6. The molecule has 0 aromatic carbocycles. The minimum atomic E-state index is -1.11. The lowest BCUT2D eigenvalue weighted by molar-refractivity contribution is 0.00589. The molecule has 2 rings (SSSR count). The number of piperidine rings is 1. The van der Waals surface area contributed by atoms with Gasteiger partial charge in [0, 0.05) is 26.2 Å². The van der Waals surface area contributed by atoms with E-state index in [1.165, 1.54) is 0 Å². The maximum Gasteiger partial charge on any atom is 0.410 e. The Labute approximate surface area is 161 Å². The highest BCUT2D eigenvalue weighted by molar-refractivity contribution is 7.84. The van der Waals surface area contributed by atoms with Crippen molar-refractivity contribution >= 4 is 17.1 Å². The first-order valence-corrected chi connectivity index (χ1v) is 10.7. The molecule has 1 spiro atoms. The molecule has 1 saturated heterocycles. The first-order chi connectivity index (χ1) is 11.9. The second kappa shape index (κ2) is 7.76. The molecule has 7 heteroatoms. The molecule has 2 aliphatic rings. The minimum absolute atomic E-state index is 0.0279. The number of hydrogen-bond acceptors (Lipinski definition) is 4. The van der Waals surface area contributed by atoms with Crippen LogP contribution in [0.5, 0.6) is 0 Å². The largest absolute Gasteiger partial charge is 0.444 e. The summed E-state index contributed by atoms with van der Waals surface area (Å²) in [5, 5.41) is 0. The van der Waals surface area contributed by atoms with Crippen LogP contribution in [0.4, 0.5) is 4.79 Å². The summed E-state index contributed by atoms with van der Waals surface area (Å²) >= 11 is 0. The van der Waals surface area contributed by atoms with Crippen molar-refractivity contribution in [3.63, 3.8) is 0 Å². The molecule has 2 fully saturated rings. The Hall–Kier alpha value is -0.660. The van der Waals surface area contributed by atoms with Crippen molar-refractivity contribution < 1.29 is 18.5 Å². The predicted octanol–water partition coefficient (Wildman–Crippen LogP) is 3.23. The Kier molecular flexibility index (Phi) is 6.46. The molecule has 0 unspecified atom stereocenters. The van der Waals surface area contributed by atoms with Crippen molar-refractivity contribution in [1.82, 2.24) is 9.62 Å². The van der Waals surface area contributed by atoms with E-state index >= 15 is 0 Å². The van der Waals surface area contributed by atoms with Crippen molar-refractivity contribution in [2.75, 3.05) is 20.2 Å². The quantitative estimate of drug-likeness (QED) is 0.806. The van der Waals surface area contributed by atoms with E-state index in [0.29, 0.717) is 13.1 Å². The lowest BCUT2D eigenvalue weighted by Crippen LogP contribution is -2.52. The number of ether oxygens (including phenoxy) is 2. The van der Waals surface area contributed by atoms with Gasteiger partial charge in [0.25, 0.3) is 0 Å². The summed E-state index contributed by atoms with van der Waals surface area (Å²) < 4.78 is 26.9. The van der Waals surface area contributed by atoms with Gasteiger partial charge in [-0.3, -0.25) is 0 Å². The van der Waals surface area contributed by atoms with Gasteiger partial charge in [0.1, 0.15) is 5.60 Å². The number of rotatable bonds is 3. The third-order valence-corrected chi connectivity index (χ3v) is 7.03. The number of amides is 1. The molecule has 3 atom stereocenters. The fourth-order valence-corrected chi connectivity index (χ4v) is 4.82. The zero-order valence-electron chi connectivity index (χ0n) is 17.4. The summed E-state index contributed by atoms with van der Waals surface area (Å²) in [6.07, 6.45) is 3.51. The van der Waals surface area contributed by atoms with Crippen LogP contribution in [0.1, 0.15) is 67.2 Å².